The number of esters is 2. The Labute approximate surface area is 188 Å². The number of hydrogen-bond donors (Lipinski definition) is 1. The number of nitrogens with zero attached hydrogens (tertiary/aromatic N) is 1. The Morgan fingerprint density at radius 3 is 2.24 bits per heavy atom. The van der Waals surface area contributed by atoms with Crippen LogP contribution in [-0.2, 0) is 14.2 Å². The van der Waals surface area contributed by atoms with Crippen molar-refractivity contribution in [1.82, 2.24) is 9.55 Å². The van der Waals surface area contributed by atoms with Gasteiger partial charge < -0.3 is 14.2 Å². The van der Waals surface area contributed by atoms with Gasteiger partial charge in [0.1, 0.15) is 25.0 Å². The molecule has 0 saturated carbocycles. The standard InChI is InChI=1S/C24H22N2O7/c1-15-13-26(24(30)25-21(15)27)20-12-18(33-23(29)17-10-6-3-7-11-17)19(32-20)14-31-22(28)16-8-4-2-5-9-16/h2-11,13,18-20H,12,14H2,1H3,(H,25,27,30). The number of aryl methyl sites for hydroxylation is 1. The Morgan fingerprint density at radius 1 is 1.00 bits per heavy atom. The molecular formula is C24H22N2O7. The minimum Gasteiger partial charge on any atom is -0.459 e. The Kier molecular flexibility index (Phi) is 6.50. The zero-order valence-corrected chi connectivity index (χ0v) is 17.8. The molecule has 170 valence electrons. The maximum absolute atomic E-state index is 12.6. The Hall–Kier alpha value is -3.98. The monoisotopic (exact) mass is 450 g/mol. The quantitative estimate of drug-likeness (QED) is 0.572. The van der Waals surface area contributed by atoms with Gasteiger partial charge in [-0.1, -0.05) is 36.4 Å². The van der Waals surface area contributed by atoms with E-state index in [-0.39, 0.29) is 13.0 Å². The van der Waals surface area contributed by atoms with E-state index in [2.05, 4.69) is 4.98 Å². The molecule has 0 spiro atoms. The number of ether oxygens (including phenoxy) is 3. The molecule has 2 heterocycles. The summed E-state index contributed by atoms with van der Waals surface area (Å²) in [5.74, 6) is -1.11. The van der Waals surface area contributed by atoms with Crippen molar-refractivity contribution in [1.29, 1.82) is 0 Å². The van der Waals surface area contributed by atoms with Gasteiger partial charge >= 0.3 is 17.6 Å². The summed E-state index contributed by atoms with van der Waals surface area (Å²) in [6.07, 6.45) is -0.889. The molecule has 9 nitrogen and oxygen atoms in total. The summed E-state index contributed by atoms with van der Waals surface area (Å²) in [7, 11) is 0. The smallest absolute Gasteiger partial charge is 0.338 e. The van der Waals surface area contributed by atoms with Crippen molar-refractivity contribution < 1.29 is 23.8 Å². The van der Waals surface area contributed by atoms with E-state index in [1.165, 1.54) is 10.8 Å². The number of H-pyrrole nitrogens is 1. The van der Waals surface area contributed by atoms with Crippen molar-refractivity contribution in [2.75, 3.05) is 6.61 Å². The predicted molar refractivity (Wildman–Crippen MR) is 117 cm³/mol. The van der Waals surface area contributed by atoms with Crippen LogP contribution in [-0.4, -0.2) is 40.3 Å². The highest BCUT2D eigenvalue weighted by Crippen LogP contribution is 2.31. The third-order valence-corrected chi connectivity index (χ3v) is 5.29. The molecule has 0 bridgehead atoms. The van der Waals surface area contributed by atoms with Gasteiger partial charge in [0.2, 0.25) is 0 Å². The van der Waals surface area contributed by atoms with E-state index < -0.39 is 41.6 Å². The maximum Gasteiger partial charge on any atom is 0.338 e. The molecule has 0 radical (unpaired) electrons. The lowest BCUT2D eigenvalue weighted by molar-refractivity contribution is -0.0582. The van der Waals surface area contributed by atoms with E-state index in [0.717, 1.165) is 0 Å². The second kappa shape index (κ2) is 9.66. The van der Waals surface area contributed by atoms with Crippen LogP contribution in [0, 0.1) is 6.92 Å². The van der Waals surface area contributed by atoms with E-state index in [0.29, 0.717) is 16.7 Å². The van der Waals surface area contributed by atoms with Gasteiger partial charge in [-0.3, -0.25) is 14.3 Å². The van der Waals surface area contributed by atoms with E-state index in [1.807, 2.05) is 0 Å². The van der Waals surface area contributed by atoms with E-state index >= 15 is 0 Å². The fourth-order valence-corrected chi connectivity index (χ4v) is 3.54. The fraction of sp³-hybridized carbons (Fsp3) is 0.250. The van der Waals surface area contributed by atoms with Crippen LogP contribution in [0.5, 0.6) is 0 Å². The summed E-state index contributed by atoms with van der Waals surface area (Å²) in [4.78, 5) is 51.2. The first-order valence-corrected chi connectivity index (χ1v) is 10.4. The first-order chi connectivity index (χ1) is 15.9. The van der Waals surface area contributed by atoms with Gasteiger partial charge in [-0.2, -0.15) is 0 Å². The van der Waals surface area contributed by atoms with Crippen molar-refractivity contribution in [2.45, 2.75) is 31.8 Å². The summed E-state index contributed by atoms with van der Waals surface area (Å²) in [6.45, 7) is 1.38. The molecule has 1 aliphatic heterocycles. The Morgan fingerprint density at radius 2 is 1.61 bits per heavy atom. The topological polar surface area (TPSA) is 117 Å². The van der Waals surface area contributed by atoms with Crippen LogP contribution in [0.1, 0.15) is 38.9 Å². The minimum absolute atomic E-state index is 0.136. The largest absolute Gasteiger partial charge is 0.459 e. The van der Waals surface area contributed by atoms with Gasteiger partial charge in [-0.05, 0) is 31.2 Å². The molecule has 0 aliphatic carbocycles. The van der Waals surface area contributed by atoms with Crippen LogP contribution in [0.15, 0.2) is 76.4 Å². The number of hydrogen-bond acceptors (Lipinski definition) is 7. The summed E-state index contributed by atoms with van der Waals surface area (Å²) >= 11 is 0. The molecular weight excluding hydrogens is 428 g/mol. The highest BCUT2D eigenvalue weighted by molar-refractivity contribution is 5.90. The molecule has 4 rings (SSSR count). The van der Waals surface area contributed by atoms with Gasteiger partial charge in [-0.25, -0.2) is 14.4 Å². The third-order valence-electron chi connectivity index (χ3n) is 5.29. The van der Waals surface area contributed by atoms with Crippen molar-refractivity contribution in [3.05, 3.63) is 104 Å². The number of carbonyl (C=O) groups excluding carboxylic acids is 2. The van der Waals surface area contributed by atoms with Crippen molar-refractivity contribution in [3.8, 4) is 0 Å². The van der Waals surface area contributed by atoms with Crippen molar-refractivity contribution in [3.63, 3.8) is 0 Å². The second-order valence-electron chi connectivity index (χ2n) is 7.62. The fourth-order valence-electron chi connectivity index (χ4n) is 3.54. The number of carbonyl (C=O) groups is 2. The SMILES string of the molecule is Cc1cn(C2CC(OC(=O)c3ccccc3)C(COC(=O)c3ccccc3)O2)c(=O)[nH]c1=O. The summed E-state index contributed by atoms with van der Waals surface area (Å²) < 4.78 is 18.2. The highest BCUT2D eigenvalue weighted by Gasteiger charge is 2.40. The second-order valence-corrected chi connectivity index (χ2v) is 7.62. The molecule has 1 N–H and O–H groups in total. The van der Waals surface area contributed by atoms with Gasteiger partial charge in [0.15, 0.2) is 0 Å². The molecule has 9 heteroatoms. The molecule has 1 aromatic heterocycles. The van der Waals surface area contributed by atoms with Gasteiger partial charge in [0.05, 0.1) is 11.1 Å². The van der Waals surface area contributed by atoms with Crippen LogP contribution in [0.25, 0.3) is 0 Å². The Bertz CT molecular complexity index is 1250. The maximum atomic E-state index is 12.6. The predicted octanol–water partition coefficient (Wildman–Crippen LogP) is 2.22. The van der Waals surface area contributed by atoms with Crippen molar-refractivity contribution >= 4 is 11.9 Å². The molecule has 3 atom stereocenters. The molecule has 0 amide bonds. The van der Waals surface area contributed by atoms with Gasteiger partial charge in [0.25, 0.3) is 5.56 Å². The average Bonchev–Trinajstić information content (AvgIpc) is 3.23. The zero-order chi connectivity index (χ0) is 23.4. The van der Waals surface area contributed by atoms with Crippen LogP contribution < -0.4 is 11.2 Å². The lowest BCUT2D eigenvalue weighted by Crippen LogP contribution is -2.33. The lowest BCUT2D eigenvalue weighted by Gasteiger charge is -2.19. The Balaban J connectivity index is 1.53. The molecule has 1 aliphatic rings. The summed E-state index contributed by atoms with van der Waals surface area (Å²) in [5.41, 5.74) is -0.0781. The van der Waals surface area contributed by atoms with Crippen LogP contribution in [0.3, 0.4) is 0 Å². The normalized spacial score (nSPS) is 19.7. The molecule has 1 fully saturated rings. The third kappa shape index (κ3) is 5.09. The molecule has 1 saturated heterocycles. The van der Waals surface area contributed by atoms with Crippen molar-refractivity contribution in [2.24, 2.45) is 0 Å². The minimum atomic E-state index is -0.818. The van der Waals surface area contributed by atoms with E-state index in [4.69, 9.17) is 14.2 Å². The van der Waals surface area contributed by atoms with Crippen LogP contribution in [0.4, 0.5) is 0 Å². The molecule has 2 aromatic carbocycles. The molecule has 33 heavy (non-hydrogen) atoms. The number of aromatic nitrogens is 2. The highest BCUT2D eigenvalue weighted by atomic mass is 16.6. The number of rotatable bonds is 6. The van der Waals surface area contributed by atoms with E-state index in [9.17, 15) is 19.2 Å². The van der Waals surface area contributed by atoms with Crippen LogP contribution in [0.2, 0.25) is 0 Å². The summed E-state index contributed by atoms with van der Waals surface area (Å²) in [5, 5.41) is 0. The van der Waals surface area contributed by atoms with Gasteiger partial charge in [0, 0.05) is 18.2 Å². The van der Waals surface area contributed by atoms with Gasteiger partial charge in [-0.15, -0.1) is 0 Å². The van der Waals surface area contributed by atoms with E-state index in [1.54, 1.807) is 67.6 Å². The number of nitrogens with one attached hydrogen (secondary N) is 1. The first kappa shape index (κ1) is 22.2. The lowest BCUT2D eigenvalue weighted by atomic mass is 10.1. The molecule has 3 unspecified atom stereocenters. The van der Waals surface area contributed by atoms with Crippen LogP contribution >= 0.6 is 0 Å². The average molecular weight is 450 g/mol. The molecule has 3 aromatic rings. The number of aromatic amines is 1. The summed E-state index contributed by atoms with van der Waals surface area (Å²) in [6, 6.07) is 16.9. The zero-order valence-electron chi connectivity index (χ0n) is 17.8. The first-order valence-electron chi connectivity index (χ1n) is 10.4. The number of benzene rings is 2.